The van der Waals surface area contributed by atoms with Crippen LogP contribution in [0.4, 0.5) is 4.79 Å². The van der Waals surface area contributed by atoms with Crippen molar-refractivity contribution < 1.29 is 9.90 Å². The van der Waals surface area contributed by atoms with E-state index in [4.69, 9.17) is 0 Å². The Morgan fingerprint density at radius 2 is 1.73 bits per heavy atom. The average Bonchev–Trinajstić information content (AvgIpc) is 3.27. The van der Waals surface area contributed by atoms with Crippen molar-refractivity contribution in [1.29, 1.82) is 0 Å². The fourth-order valence-corrected chi connectivity index (χ4v) is 4.60. The molecule has 4 heteroatoms. The lowest BCUT2D eigenvalue weighted by Gasteiger charge is -2.30. The zero-order valence-corrected chi connectivity index (χ0v) is 14.9. The SMILES string of the molecule is O=C(NCC1(c2ccccc2)CCCC1)NC1c2ccccc2CC1O. The maximum atomic E-state index is 12.6. The summed E-state index contributed by atoms with van der Waals surface area (Å²) in [4.78, 5) is 12.6. The smallest absolute Gasteiger partial charge is 0.315 e. The van der Waals surface area contributed by atoms with Gasteiger partial charge in [-0.25, -0.2) is 4.79 Å². The van der Waals surface area contributed by atoms with Gasteiger partial charge in [-0.3, -0.25) is 0 Å². The number of aliphatic hydroxyl groups excluding tert-OH is 1. The lowest BCUT2D eigenvalue weighted by molar-refractivity contribution is 0.142. The molecule has 2 aromatic rings. The second-order valence-electron chi connectivity index (χ2n) is 7.63. The summed E-state index contributed by atoms with van der Waals surface area (Å²) in [6.07, 6.45) is 4.64. The van der Waals surface area contributed by atoms with Crippen molar-refractivity contribution in [2.75, 3.05) is 6.54 Å². The van der Waals surface area contributed by atoms with E-state index in [-0.39, 0.29) is 17.5 Å². The van der Waals surface area contributed by atoms with E-state index in [1.807, 2.05) is 30.3 Å². The van der Waals surface area contributed by atoms with Crippen LogP contribution >= 0.6 is 0 Å². The van der Waals surface area contributed by atoms with E-state index in [2.05, 4.69) is 34.9 Å². The van der Waals surface area contributed by atoms with Gasteiger partial charge in [0.1, 0.15) is 0 Å². The van der Waals surface area contributed by atoms with Crippen molar-refractivity contribution >= 4 is 6.03 Å². The first kappa shape index (κ1) is 17.1. The van der Waals surface area contributed by atoms with Gasteiger partial charge in [-0.1, -0.05) is 67.4 Å². The van der Waals surface area contributed by atoms with Crippen LogP contribution in [-0.4, -0.2) is 23.8 Å². The van der Waals surface area contributed by atoms with Gasteiger partial charge in [0.25, 0.3) is 0 Å². The van der Waals surface area contributed by atoms with Crippen LogP contribution in [0, 0.1) is 0 Å². The molecule has 0 bridgehead atoms. The molecule has 2 amide bonds. The lowest BCUT2D eigenvalue weighted by Crippen LogP contribution is -2.46. The summed E-state index contributed by atoms with van der Waals surface area (Å²) in [6, 6.07) is 17.9. The Morgan fingerprint density at radius 3 is 2.50 bits per heavy atom. The highest BCUT2D eigenvalue weighted by Gasteiger charge is 2.36. The average molecular weight is 350 g/mol. The van der Waals surface area contributed by atoms with Crippen molar-refractivity contribution in [1.82, 2.24) is 10.6 Å². The van der Waals surface area contributed by atoms with Gasteiger partial charge in [-0.05, 0) is 29.5 Å². The summed E-state index contributed by atoms with van der Waals surface area (Å²) in [5.41, 5.74) is 3.48. The Morgan fingerprint density at radius 1 is 1.04 bits per heavy atom. The Hall–Kier alpha value is -2.33. The molecule has 0 heterocycles. The van der Waals surface area contributed by atoms with Gasteiger partial charge in [-0.15, -0.1) is 0 Å². The molecule has 2 unspecified atom stereocenters. The van der Waals surface area contributed by atoms with Gasteiger partial charge in [0.2, 0.25) is 0 Å². The monoisotopic (exact) mass is 350 g/mol. The molecule has 26 heavy (non-hydrogen) atoms. The van der Waals surface area contributed by atoms with E-state index in [0.717, 1.165) is 24.0 Å². The molecule has 4 rings (SSSR count). The maximum absolute atomic E-state index is 12.6. The number of rotatable bonds is 4. The second-order valence-corrected chi connectivity index (χ2v) is 7.63. The fraction of sp³-hybridized carbons (Fsp3) is 0.409. The van der Waals surface area contributed by atoms with E-state index in [1.54, 1.807) is 0 Å². The number of hydrogen-bond donors (Lipinski definition) is 3. The number of nitrogens with one attached hydrogen (secondary N) is 2. The molecular formula is C22H26N2O2. The quantitative estimate of drug-likeness (QED) is 0.791. The largest absolute Gasteiger partial charge is 0.390 e. The topological polar surface area (TPSA) is 61.4 Å². The first-order chi connectivity index (χ1) is 12.7. The number of amides is 2. The predicted molar refractivity (Wildman–Crippen MR) is 102 cm³/mol. The minimum Gasteiger partial charge on any atom is -0.390 e. The van der Waals surface area contributed by atoms with E-state index < -0.39 is 6.10 Å². The molecule has 2 aliphatic rings. The second kappa shape index (κ2) is 7.12. The minimum absolute atomic E-state index is 0.0325. The lowest BCUT2D eigenvalue weighted by atomic mass is 9.79. The van der Waals surface area contributed by atoms with Crippen LogP contribution in [0.1, 0.15) is 48.4 Å². The molecule has 136 valence electrons. The number of aliphatic hydroxyl groups is 1. The van der Waals surface area contributed by atoms with Gasteiger partial charge in [-0.2, -0.15) is 0 Å². The van der Waals surface area contributed by atoms with Gasteiger partial charge >= 0.3 is 6.03 Å². The number of urea groups is 1. The summed E-state index contributed by atoms with van der Waals surface area (Å²) in [5.74, 6) is 0. The van der Waals surface area contributed by atoms with Crippen LogP contribution < -0.4 is 10.6 Å². The molecule has 4 nitrogen and oxygen atoms in total. The highest BCUT2D eigenvalue weighted by Crippen LogP contribution is 2.40. The van der Waals surface area contributed by atoms with E-state index in [1.165, 1.54) is 18.4 Å². The van der Waals surface area contributed by atoms with Gasteiger partial charge < -0.3 is 15.7 Å². The van der Waals surface area contributed by atoms with E-state index >= 15 is 0 Å². The third-order valence-corrected chi connectivity index (χ3v) is 6.02. The third kappa shape index (κ3) is 3.21. The van der Waals surface area contributed by atoms with Crippen LogP contribution in [0.2, 0.25) is 0 Å². The predicted octanol–water partition coefficient (Wildman–Crippen LogP) is 3.46. The number of fused-ring (bicyclic) bond motifs is 1. The summed E-state index contributed by atoms with van der Waals surface area (Å²) >= 11 is 0. The molecule has 2 aromatic carbocycles. The van der Waals surface area contributed by atoms with E-state index in [0.29, 0.717) is 13.0 Å². The molecule has 1 saturated carbocycles. The Labute approximate surface area is 154 Å². The Kier molecular flexibility index (Phi) is 4.68. The van der Waals surface area contributed by atoms with Crippen LogP contribution in [0.3, 0.4) is 0 Å². The zero-order chi connectivity index (χ0) is 18.0. The number of hydrogen-bond acceptors (Lipinski definition) is 2. The fourth-order valence-electron chi connectivity index (χ4n) is 4.60. The first-order valence-electron chi connectivity index (χ1n) is 9.54. The molecule has 0 aliphatic heterocycles. The van der Waals surface area contributed by atoms with Crippen molar-refractivity contribution in [3.63, 3.8) is 0 Å². The molecule has 2 atom stereocenters. The molecule has 3 N–H and O–H groups in total. The molecular weight excluding hydrogens is 324 g/mol. The maximum Gasteiger partial charge on any atom is 0.315 e. The highest BCUT2D eigenvalue weighted by atomic mass is 16.3. The van der Waals surface area contributed by atoms with Gasteiger partial charge in [0.15, 0.2) is 0 Å². The van der Waals surface area contributed by atoms with Crippen LogP contribution in [0.15, 0.2) is 54.6 Å². The minimum atomic E-state index is -0.562. The molecule has 1 fully saturated rings. The van der Waals surface area contributed by atoms with Crippen LogP contribution in [-0.2, 0) is 11.8 Å². The first-order valence-corrected chi connectivity index (χ1v) is 9.54. The zero-order valence-electron chi connectivity index (χ0n) is 14.9. The molecule has 2 aliphatic carbocycles. The van der Waals surface area contributed by atoms with Crippen molar-refractivity contribution in [3.8, 4) is 0 Å². The summed E-state index contributed by atoms with van der Waals surface area (Å²) in [7, 11) is 0. The molecule has 0 saturated heterocycles. The van der Waals surface area contributed by atoms with Crippen molar-refractivity contribution in [2.24, 2.45) is 0 Å². The summed E-state index contributed by atoms with van der Waals surface area (Å²) in [6.45, 7) is 0.632. The number of carbonyl (C=O) groups is 1. The summed E-state index contributed by atoms with van der Waals surface area (Å²) < 4.78 is 0. The molecule has 0 aromatic heterocycles. The van der Waals surface area contributed by atoms with E-state index in [9.17, 15) is 9.90 Å². The number of carbonyl (C=O) groups excluding carboxylic acids is 1. The third-order valence-electron chi connectivity index (χ3n) is 6.02. The van der Waals surface area contributed by atoms with Crippen LogP contribution in [0.5, 0.6) is 0 Å². The number of benzene rings is 2. The Balaban J connectivity index is 1.42. The van der Waals surface area contributed by atoms with Crippen molar-refractivity contribution in [2.45, 2.75) is 49.7 Å². The molecule has 0 spiro atoms. The van der Waals surface area contributed by atoms with Crippen LogP contribution in [0.25, 0.3) is 0 Å². The van der Waals surface area contributed by atoms with Gasteiger partial charge in [0.05, 0.1) is 12.1 Å². The Bertz CT molecular complexity index is 769. The van der Waals surface area contributed by atoms with Gasteiger partial charge in [0, 0.05) is 18.4 Å². The normalized spacial score (nSPS) is 23.4. The van der Waals surface area contributed by atoms with Crippen molar-refractivity contribution in [3.05, 3.63) is 71.3 Å². The standard InChI is InChI=1S/C22H26N2O2/c25-19-14-16-8-4-5-11-18(16)20(19)24-21(26)23-15-22(12-6-7-13-22)17-9-2-1-3-10-17/h1-5,8-11,19-20,25H,6-7,12-15H2,(H2,23,24,26). The summed E-state index contributed by atoms with van der Waals surface area (Å²) in [5, 5.41) is 16.4. The molecule has 0 radical (unpaired) electrons. The highest BCUT2D eigenvalue weighted by molar-refractivity contribution is 5.75.